The number of benzene rings is 1. The third-order valence-corrected chi connectivity index (χ3v) is 3.32. The predicted octanol–water partition coefficient (Wildman–Crippen LogP) is 0.805. The minimum absolute atomic E-state index is 0.0495. The van der Waals surface area contributed by atoms with Crippen molar-refractivity contribution in [3.63, 3.8) is 0 Å². The third-order valence-electron chi connectivity index (χ3n) is 2.28. The van der Waals surface area contributed by atoms with E-state index in [1.807, 2.05) is 35.9 Å². The Morgan fingerprint density at radius 2 is 2.25 bits per heavy atom. The van der Waals surface area contributed by atoms with E-state index in [0.717, 1.165) is 16.2 Å². The van der Waals surface area contributed by atoms with E-state index < -0.39 is 5.97 Å². The van der Waals surface area contributed by atoms with Gasteiger partial charge in [0.25, 0.3) is 0 Å². The molecule has 2 aromatic rings. The molecule has 84 valence electrons. The quantitative estimate of drug-likeness (QED) is 0.736. The maximum atomic E-state index is 10.3. The minimum Gasteiger partial charge on any atom is -0.550 e. The van der Waals surface area contributed by atoms with Crippen molar-refractivity contribution in [2.45, 2.75) is 11.6 Å². The van der Waals surface area contributed by atoms with Crippen LogP contribution in [0.15, 0.2) is 29.4 Å². The van der Waals surface area contributed by atoms with Gasteiger partial charge in [-0.25, -0.2) is 4.98 Å². The number of aromatic nitrogens is 2. The molecule has 0 atom stereocenters. The van der Waals surface area contributed by atoms with Crippen LogP contribution in [0.3, 0.4) is 0 Å². The van der Waals surface area contributed by atoms with Gasteiger partial charge in [0.1, 0.15) is 0 Å². The molecule has 0 aliphatic carbocycles. The van der Waals surface area contributed by atoms with Gasteiger partial charge in [0.15, 0.2) is 5.16 Å². The highest BCUT2D eigenvalue weighted by atomic mass is 32.2. The number of para-hydroxylation sites is 2. The third kappa shape index (κ3) is 2.19. The van der Waals surface area contributed by atoms with E-state index in [4.69, 9.17) is 0 Å². The van der Waals surface area contributed by atoms with Crippen LogP contribution in [0.1, 0.15) is 6.42 Å². The zero-order valence-corrected chi connectivity index (χ0v) is 9.66. The van der Waals surface area contributed by atoms with E-state index >= 15 is 0 Å². The summed E-state index contributed by atoms with van der Waals surface area (Å²) in [4.78, 5) is 14.7. The Morgan fingerprint density at radius 1 is 1.50 bits per heavy atom. The van der Waals surface area contributed by atoms with E-state index in [0.29, 0.717) is 5.75 Å². The number of carbonyl (C=O) groups is 1. The number of nitrogens with zero attached hydrogens (tertiary/aromatic N) is 2. The molecule has 0 bridgehead atoms. The van der Waals surface area contributed by atoms with Crippen LogP contribution in [0.2, 0.25) is 0 Å². The first-order valence-electron chi connectivity index (χ1n) is 4.92. The van der Waals surface area contributed by atoms with Gasteiger partial charge < -0.3 is 14.5 Å². The first-order valence-corrected chi connectivity index (χ1v) is 5.91. The molecule has 0 saturated heterocycles. The number of hydrogen-bond donors (Lipinski definition) is 0. The molecule has 2 rings (SSSR count). The Labute approximate surface area is 97.3 Å². The molecule has 0 saturated carbocycles. The van der Waals surface area contributed by atoms with E-state index in [9.17, 15) is 9.90 Å². The second-order valence-corrected chi connectivity index (χ2v) is 4.47. The monoisotopic (exact) mass is 235 g/mol. The van der Waals surface area contributed by atoms with Gasteiger partial charge in [-0.3, -0.25) is 0 Å². The fourth-order valence-electron chi connectivity index (χ4n) is 1.48. The van der Waals surface area contributed by atoms with E-state index in [1.54, 1.807) is 0 Å². The number of hydrogen-bond acceptors (Lipinski definition) is 4. The van der Waals surface area contributed by atoms with Crippen LogP contribution in [0.4, 0.5) is 0 Å². The number of imidazole rings is 1. The topological polar surface area (TPSA) is 58.0 Å². The second kappa shape index (κ2) is 4.57. The first-order chi connectivity index (χ1) is 7.68. The lowest BCUT2D eigenvalue weighted by molar-refractivity contribution is -0.305. The number of carboxylic acids is 1. The average Bonchev–Trinajstić information content (AvgIpc) is 2.56. The molecule has 5 heteroatoms. The fourth-order valence-corrected chi connectivity index (χ4v) is 2.38. The van der Waals surface area contributed by atoms with Crippen LogP contribution in [0.5, 0.6) is 0 Å². The highest BCUT2D eigenvalue weighted by Crippen LogP contribution is 2.22. The Hall–Kier alpha value is -1.49. The molecule has 4 nitrogen and oxygen atoms in total. The maximum Gasteiger partial charge on any atom is 0.168 e. The summed E-state index contributed by atoms with van der Waals surface area (Å²) < 4.78 is 1.97. The summed E-state index contributed by atoms with van der Waals surface area (Å²) in [5.41, 5.74) is 1.99. The number of fused-ring (bicyclic) bond motifs is 1. The van der Waals surface area contributed by atoms with Gasteiger partial charge in [0.2, 0.25) is 0 Å². The smallest absolute Gasteiger partial charge is 0.168 e. The van der Waals surface area contributed by atoms with Gasteiger partial charge in [-0.2, -0.15) is 0 Å². The fraction of sp³-hybridized carbons (Fsp3) is 0.273. The number of rotatable bonds is 4. The van der Waals surface area contributed by atoms with Gasteiger partial charge in [0.05, 0.1) is 11.0 Å². The molecule has 0 fully saturated rings. The van der Waals surface area contributed by atoms with Crippen molar-refractivity contribution < 1.29 is 9.90 Å². The summed E-state index contributed by atoms with van der Waals surface area (Å²) in [7, 11) is 1.93. The summed E-state index contributed by atoms with van der Waals surface area (Å²) in [6.07, 6.45) is 0.0495. The number of carboxylic acid groups (broad SMARTS) is 1. The molecular formula is C11H11N2O2S-. The lowest BCUT2D eigenvalue weighted by Gasteiger charge is -2.02. The SMILES string of the molecule is Cn1c(SCCC(=O)[O-])nc2ccccc21. The van der Waals surface area contributed by atoms with E-state index in [1.165, 1.54) is 11.8 Å². The molecule has 0 amide bonds. The molecule has 0 aliphatic rings. The molecule has 1 aromatic carbocycles. The van der Waals surface area contributed by atoms with Crippen molar-refractivity contribution in [3.8, 4) is 0 Å². The van der Waals surface area contributed by atoms with Crippen LogP contribution in [0.25, 0.3) is 11.0 Å². The normalized spacial score (nSPS) is 10.8. The maximum absolute atomic E-state index is 10.3. The molecule has 0 N–H and O–H groups in total. The van der Waals surface area contributed by atoms with Crippen molar-refractivity contribution in [1.29, 1.82) is 0 Å². The largest absolute Gasteiger partial charge is 0.550 e. The van der Waals surface area contributed by atoms with E-state index in [-0.39, 0.29) is 6.42 Å². The highest BCUT2D eigenvalue weighted by molar-refractivity contribution is 7.99. The number of aryl methyl sites for hydroxylation is 1. The van der Waals surface area contributed by atoms with Gasteiger partial charge >= 0.3 is 0 Å². The van der Waals surface area contributed by atoms with Crippen LogP contribution in [0, 0.1) is 0 Å². The van der Waals surface area contributed by atoms with Crippen LogP contribution < -0.4 is 5.11 Å². The predicted molar refractivity (Wildman–Crippen MR) is 61.1 cm³/mol. The summed E-state index contributed by atoms with van der Waals surface area (Å²) in [6, 6.07) is 7.83. The van der Waals surface area contributed by atoms with Crippen LogP contribution in [-0.2, 0) is 11.8 Å². The molecule has 0 spiro atoms. The number of carbonyl (C=O) groups excluding carboxylic acids is 1. The van der Waals surface area contributed by atoms with Crippen molar-refractivity contribution in [2.24, 2.45) is 7.05 Å². The zero-order chi connectivity index (χ0) is 11.5. The molecule has 1 aromatic heterocycles. The summed E-state index contributed by atoms with van der Waals surface area (Å²) >= 11 is 1.43. The summed E-state index contributed by atoms with van der Waals surface area (Å²) in [6.45, 7) is 0. The Balaban J connectivity index is 2.18. The van der Waals surface area contributed by atoms with Crippen molar-refractivity contribution >= 4 is 28.8 Å². The van der Waals surface area contributed by atoms with Gasteiger partial charge in [0, 0.05) is 18.8 Å². The Kier molecular flexibility index (Phi) is 3.14. The number of aliphatic carboxylic acids is 1. The van der Waals surface area contributed by atoms with Gasteiger partial charge in [-0.1, -0.05) is 23.9 Å². The Morgan fingerprint density at radius 3 is 2.94 bits per heavy atom. The van der Waals surface area contributed by atoms with Gasteiger partial charge in [-0.05, 0) is 18.6 Å². The standard InChI is InChI=1S/C11H12N2O2S/c1-13-9-5-3-2-4-8(9)12-11(13)16-7-6-10(14)15/h2-5H,6-7H2,1H3,(H,14,15)/p-1. The second-order valence-electron chi connectivity index (χ2n) is 3.41. The van der Waals surface area contributed by atoms with Crippen molar-refractivity contribution in [1.82, 2.24) is 9.55 Å². The molecular weight excluding hydrogens is 224 g/mol. The van der Waals surface area contributed by atoms with Crippen molar-refractivity contribution in [3.05, 3.63) is 24.3 Å². The van der Waals surface area contributed by atoms with Crippen molar-refractivity contribution in [2.75, 3.05) is 5.75 Å². The molecule has 16 heavy (non-hydrogen) atoms. The summed E-state index contributed by atoms with van der Waals surface area (Å²) in [5.74, 6) is -0.536. The molecule has 0 unspecified atom stereocenters. The van der Waals surface area contributed by atoms with Gasteiger partial charge in [-0.15, -0.1) is 0 Å². The molecule has 0 radical (unpaired) electrons. The average molecular weight is 235 g/mol. The minimum atomic E-state index is -1.02. The van der Waals surface area contributed by atoms with Crippen LogP contribution in [-0.4, -0.2) is 21.3 Å². The zero-order valence-electron chi connectivity index (χ0n) is 8.84. The highest BCUT2D eigenvalue weighted by Gasteiger charge is 2.06. The summed E-state index contributed by atoms with van der Waals surface area (Å²) in [5, 5.41) is 11.1. The lowest BCUT2D eigenvalue weighted by atomic mass is 10.3. The lowest BCUT2D eigenvalue weighted by Crippen LogP contribution is -2.22. The molecule has 1 heterocycles. The Bertz CT molecular complexity index is 522. The number of thioether (sulfide) groups is 1. The van der Waals surface area contributed by atoms with E-state index in [2.05, 4.69) is 4.98 Å². The molecule has 0 aliphatic heterocycles. The van der Waals surface area contributed by atoms with Crippen LogP contribution >= 0.6 is 11.8 Å². The first kappa shape index (κ1) is 11.0.